The summed E-state index contributed by atoms with van der Waals surface area (Å²) in [6, 6.07) is 17.1. The van der Waals surface area contributed by atoms with E-state index >= 15 is 0 Å². The molecule has 0 saturated heterocycles. The lowest BCUT2D eigenvalue weighted by molar-refractivity contribution is -0.136. The summed E-state index contributed by atoms with van der Waals surface area (Å²) in [5.41, 5.74) is 3.89. The van der Waals surface area contributed by atoms with E-state index in [0.717, 1.165) is 16.8 Å². The van der Waals surface area contributed by atoms with Crippen LogP contribution in [0.4, 0.5) is 5.69 Å². The Balaban J connectivity index is 2.14. The summed E-state index contributed by atoms with van der Waals surface area (Å²) in [6.07, 6.45) is 1.74. The molecule has 4 nitrogen and oxygen atoms in total. The van der Waals surface area contributed by atoms with Gasteiger partial charge in [0.1, 0.15) is 0 Å². The number of esters is 1. The number of allylic oxidation sites excluding steroid dienone is 1. The van der Waals surface area contributed by atoms with Crippen LogP contribution in [0.1, 0.15) is 18.1 Å². The summed E-state index contributed by atoms with van der Waals surface area (Å²) in [5.74, 6) is -0.742. The van der Waals surface area contributed by atoms with E-state index in [0.29, 0.717) is 16.8 Å². The van der Waals surface area contributed by atoms with Crippen molar-refractivity contribution >= 4 is 23.6 Å². The number of rotatable bonds is 3. The zero-order valence-corrected chi connectivity index (χ0v) is 14.4. The smallest absolute Gasteiger partial charge is 0.340 e. The number of ether oxygens (including phenoxy) is 1. The van der Waals surface area contributed by atoms with Gasteiger partial charge in [-0.15, -0.1) is 0 Å². The van der Waals surface area contributed by atoms with Crippen LogP contribution in [0.15, 0.2) is 71.4 Å². The number of hydrogen-bond donors (Lipinski definition) is 0. The van der Waals surface area contributed by atoms with E-state index in [4.69, 9.17) is 4.74 Å². The summed E-state index contributed by atoms with van der Waals surface area (Å²) >= 11 is 0. The minimum atomic E-state index is -0.511. The Morgan fingerprint density at radius 1 is 1.04 bits per heavy atom. The largest absolute Gasteiger partial charge is 0.465 e. The standard InChI is InChI=1S/C21H19NO3/c1-14-8-7-9-16(12-14)13-18-19(21(24)25-3)15(2)22(20(18)23)17-10-5-4-6-11-17/h4-13H,1-3H3/b18-13-. The van der Waals surface area contributed by atoms with Crippen molar-refractivity contribution in [2.45, 2.75) is 13.8 Å². The number of para-hydroxylation sites is 1. The van der Waals surface area contributed by atoms with Crippen LogP contribution < -0.4 is 4.90 Å². The molecule has 0 atom stereocenters. The van der Waals surface area contributed by atoms with Crippen molar-refractivity contribution in [1.29, 1.82) is 0 Å². The first-order valence-electron chi connectivity index (χ1n) is 8.00. The van der Waals surface area contributed by atoms with Gasteiger partial charge in [-0.25, -0.2) is 4.79 Å². The molecule has 0 radical (unpaired) electrons. The molecule has 0 unspecified atom stereocenters. The van der Waals surface area contributed by atoms with Gasteiger partial charge in [0.05, 0.1) is 18.3 Å². The molecule has 25 heavy (non-hydrogen) atoms. The normalized spacial score (nSPS) is 15.9. The zero-order valence-electron chi connectivity index (χ0n) is 14.4. The van der Waals surface area contributed by atoms with Crippen molar-refractivity contribution < 1.29 is 14.3 Å². The quantitative estimate of drug-likeness (QED) is 0.633. The molecule has 0 aromatic heterocycles. The van der Waals surface area contributed by atoms with Crippen molar-refractivity contribution in [3.8, 4) is 0 Å². The topological polar surface area (TPSA) is 46.6 Å². The lowest BCUT2D eigenvalue weighted by Crippen LogP contribution is -2.24. The summed E-state index contributed by atoms with van der Waals surface area (Å²) in [6.45, 7) is 3.74. The zero-order chi connectivity index (χ0) is 18.0. The van der Waals surface area contributed by atoms with Crippen LogP contribution in [0.3, 0.4) is 0 Å². The summed E-state index contributed by atoms with van der Waals surface area (Å²) in [5, 5.41) is 0. The molecule has 3 rings (SSSR count). The Labute approximate surface area is 147 Å². The molecule has 0 saturated carbocycles. The molecule has 1 heterocycles. The van der Waals surface area contributed by atoms with Crippen LogP contribution in [0, 0.1) is 6.92 Å². The highest BCUT2D eigenvalue weighted by Crippen LogP contribution is 2.35. The molecule has 1 aliphatic rings. The Kier molecular flexibility index (Phi) is 4.52. The van der Waals surface area contributed by atoms with E-state index in [1.165, 1.54) is 7.11 Å². The first-order chi connectivity index (χ1) is 12.0. The molecule has 4 heteroatoms. The number of nitrogens with zero attached hydrogens (tertiary/aromatic N) is 1. The first kappa shape index (κ1) is 16.7. The summed E-state index contributed by atoms with van der Waals surface area (Å²) in [7, 11) is 1.32. The van der Waals surface area contributed by atoms with Gasteiger partial charge in [0, 0.05) is 11.4 Å². The Hall–Kier alpha value is -3.14. The third-order valence-electron chi connectivity index (χ3n) is 4.16. The maximum atomic E-state index is 13.0. The molecule has 0 aliphatic carbocycles. The van der Waals surface area contributed by atoms with Gasteiger partial charge in [-0.2, -0.15) is 0 Å². The maximum absolute atomic E-state index is 13.0. The molecule has 0 spiro atoms. The number of carbonyl (C=O) groups is 2. The minimum Gasteiger partial charge on any atom is -0.465 e. The van der Waals surface area contributed by atoms with Crippen LogP contribution in [0.5, 0.6) is 0 Å². The van der Waals surface area contributed by atoms with Crippen molar-refractivity contribution in [3.05, 3.63) is 82.6 Å². The average molecular weight is 333 g/mol. The minimum absolute atomic E-state index is 0.231. The van der Waals surface area contributed by atoms with Gasteiger partial charge in [0.15, 0.2) is 0 Å². The number of carbonyl (C=O) groups excluding carboxylic acids is 2. The highest BCUT2D eigenvalue weighted by molar-refractivity contribution is 6.23. The van der Waals surface area contributed by atoms with Crippen LogP contribution in [-0.4, -0.2) is 19.0 Å². The lowest BCUT2D eigenvalue weighted by atomic mass is 10.0. The first-order valence-corrected chi connectivity index (χ1v) is 8.00. The van der Waals surface area contributed by atoms with Crippen molar-refractivity contribution in [1.82, 2.24) is 0 Å². The van der Waals surface area contributed by atoms with Crippen LogP contribution in [-0.2, 0) is 14.3 Å². The van der Waals surface area contributed by atoms with Crippen molar-refractivity contribution in [2.75, 3.05) is 12.0 Å². The molecular weight excluding hydrogens is 314 g/mol. The fourth-order valence-corrected chi connectivity index (χ4v) is 2.99. The van der Waals surface area contributed by atoms with Gasteiger partial charge in [-0.1, -0.05) is 48.0 Å². The van der Waals surface area contributed by atoms with Crippen LogP contribution in [0.25, 0.3) is 6.08 Å². The van der Waals surface area contributed by atoms with Crippen LogP contribution >= 0.6 is 0 Å². The maximum Gasteiger partial charge on any atom is 0.340 e. The molecule has 1 aliphatic heterocycles. The van der Waals surface area contributed by atoms with E-state index in [2.05, 4.69) is 0 Å². The third kappa shape index (κ3) is 3.11. The second-order valence-corrected chi connectivity index (χ2v) is 5.90. The molecule has 2 aromatic carbocycles. The van der Waals surface area contributed by atoms with Gasteiger partial charge >= 0.3 is 5.97 Å². The van der Waals surface area contributed by atoms with Gasteiger partial charge < -0.3 is 4.74 Å². The van der Waals surface area contributed by atoms with E-state index < -0.39 is 5.97 Å². The molecule has 2 aromatic rings. The number of anilines is 1. The fraction of sp³-hybridized carbons (Fsp3) is 0.143. The van der Waals surface area contributed by atoms with Crippen molar-refractivity contribution in [2.24, 2.45) is 0 Å². The predicted molar refractivity (Wildman–Crippen MR) is 97.8 cm³/mol. The molecular formula is C21H19NO3. The number of amides is 1. The van der Waals surface area contributed by atoms with Crippen molar-refractivity contribution in [3.63, 3.8) is 0 Å². The van der Waals surface area contributed by atoms with E-state index in [1.54, 1.807) is 17.9 Å². The highest BCUT2D eigenvalue weighted by atomic mass is 16.5. The SMILES string of the molecule is COC(=O)C1=C(C)N(c2ccccc2)C(=O)/C1=C\c1cccc(C)c1. The predicted octanol–water partition coefficient (Wildman–Crippen LogP) is 3.87. The second-order valence-electron chi connectivity index (χ2n) is 5.90. The molecule has 0 bridgehead atoms. The summed E-state index contributed by atoms with van der Waals surface area (Å²) in [4.78, 5) is 26.9. The lowest BCUT2D eigenvalue weighted by Gasteiger charge is -2.17. The highest BCUT2D eigenvalue weighted by Gasteiger charge is 2.37. The second kappa shape index (κ2) is 6.77. The number of hydrogen-bond acceptors (Lipinski definition) is 3. The van der Waals surface area contributed by atoms with E-state index in [1.807, 2.05) is 61.5 Å². The van der Waals surface area contributed by atoms with Gasteiger partial charge in [0.25, 0.3) is 5.91 Å². The van der Waals surface area contributed by atoms with Gasteiger partial charge in [-0.3, -0.25) is 9.69 Å². The van der Waals surface area contributed by atoms with Gasteiger partial charge in [0.2, 0.25) is 0 Å². The van der Waals surface area contributed by atoms with E-state index in [9.17, 15) is 9.59 Å². The molecule has 0 N–H and O–H groups in total. The molecule has 0 fully saturated rings. The third-order valence-corrected chi connectivity index (χ3v) is 4.16. The number of aryl methyl sites for hydroxylation is 1. The average Bonchev–Trinajstić information content (AvgIpc) is 2.85. The molecule has 1 amide bonds. The van der Waals surface area contributed by atoms with Crippen LogP contribution in [0.2, 0.25) is 0 Å². The Bertz CT molecular complexity index is 894. The van der Waals surface area contributed by atoms with Gasteiger partial charge in [-0.05, 0) is 37.6 Å². The number of methoxy groups -OCH3 is 1. The summed E-state index contributed by atoms with van der Waals surface area (Å²) < 4.78 is 4.91. The molecule has 126 valence electrons. The Morgan fingerprint density at radius 2 is 1.76 bits per heavy atom. The van der Waals surface area contributed by atoms with E-state index in [-0.39, 0.29) is 5.91 Å². The monoisotopic (exact) mass is 333 g/mol. The number of benzene rings is 2. The Morgan fingerprint density at radius 3 is 2.40 bits per heavy atom. The fourth-order valence-electron chi connectivity index (χ4n) is 2.99.